The van der Waals surface area contributed by atoms with Gasteiger partial charge in [0.05, 0.1) is 12.3 Å². The van der Waals surface area contributed by atoms with Crippen molar-refractivity contribution in [1.82, 2.24) is 5.32 Å². The van der Waals surface area contributed by atoms with Crippen molar-refractivity contribution in [3.63, 3.8) is 0 Å². The van der Waals surface area contributed by atoms with E-state index < -0.39 is 6.10 Å². The smallest absolute Gasteiger partial charge is 0.224 e. The van der Waals surface area contributed by atoms with Crippen molar-refractivity contribution < 1.29 is 24.5 Å². The third kappa shape index (κ3) is 5.09. The number of rotatable bonds is 9. The molecule has 1 aliphatic rings. The number of fused-ring (bicyclic) bond motifs is 1. The van der Waals surface area contributed by atoms with Gasteiger partial charge in [0.2, 0.25) is 5.91 Å². The maximum Gasteiger partial charge on any atom is 0.224 e. The molecule has 1 atom stereocenters. The third-order valence-electron chi connectivity index (χ3n) is 3.64. The van der Waals surface area contributed by atoms with Crippen LogP contribution in [-0.4, -0.2) is 54.6 Å². The summed E-state index contributed by atoms with van der Waals surface area (Å²) in [5, 5.41) is 24.8. The molecule has 0 aliphatic carbocycles. The van der Waals surface area contributed by atoms with Gasteiger partial charge in [0.15, 0.2) is 0 Å². The molecule has 0 fully saturated rings. The van der Waals surface area contributed by atoms with E-state index in [-0.39, 0.29) is 25.7 Å². The molecular weight excluding hydrogens is 312 g/mol. The van der Waals surface area contributed by atoms with Crippen LogP contribution in [-0.2, 0) is 11.2 Å². The van der Waals surface area contributed by atoms with Crippen LogP contribution in [0, 0.1) is 0 Å². The molecule has 0 aromatic heterocycles. The van der Waals surface area contributed by atoms with Crippen molar-refractivity contribution in [2.45, 2.75) is 38.8 Å². The Kier molecular flexibility index (Phi) is 6.84. The van der Waals surface area contributed by atoms with Crippen molar-refractivity contribution in [2.24, 2.45) is 0 Å². The predicted octanol–water partition coefficient (Wildman–Crippen LogP) is 0.680. The van der Waals surface area contributed by atoms with E-state index in [1.807, 2.05) is 13.8 Å². The molecule has 24 heavy (non-hydrogen) atoms. The van der Waals surface area contributed by atoms with E-state index in [0.29, 0.717) is 42.6 Å². The fourth-order valence-corrected chi connectivity index (χ4v) is 2.46. The van der Waals surface area contributed by atoms with Crippen molar-refractivity contribution in [2.75, 3.05) is 31.7 Å². The second kappa shape index (κ2) is 8.86. The lowest BCUT2D eigenvalue weighted by Gasteiger charge is -2.23. The van der Waals surface area contributed by atoms with Gasteiger partial charge in [0, 0.05) is 24.6 Å². The van der Waals surface area contributed by atoms with E-state index in [1.165, 1.54) is 0 Å². The van der Waals surface area contributed by atoms with Crippen molar-refractivity contribution in [3.05, 3.63) is 17.7 Å². The fraction of sp³-hybridized carbons (Fsp3) is 0.588. The molecule has 1 amide bonds. The van der Waals surface area contributed by atoms with Crippen molar-refractivity contribution in [3.8, 4) is 11.5 Å². The van der Waals surface area contributed by atoms with Crippen molar-refractivity contribution in [1.29, 1.82) is 0 Å². The average Bonchev–Trinajstić information content (AvgIpc) is 2.56. The molecule has 2 rings (SSSR count). The molecule has 0 saturated heterocycles. The number of anilines is 1. The Balaban J connectivity index is 2.07. The third-order valence-corrected chi connectivity index (χ3v) is 3.64. The van der Waals surface area contributed by atoms with Crippen LogP contribution in [0.25, 0.3) is 0 Å². The summed E-state index contributed by atoms with van der Waals surface area (Å²) in [4.78, 5) is 11.7. The summed E-state index contributed by atoms with van der Waals surface area (Å²) in [7, 11) is 0. The minimum atomic E-state index is -0.619. The summed E-state index contributed by atoms with van der Waals surface area (Å²) in [6, 6.07) is 3.77. The molecule has 0 radical (unpaired) electrons. The maximum atomic E-state index is 11.7. The lowest BCUT2D eigenvalue weighted by Crippen LogP contribution is -2.35. The Morgan fingerprint density at radius 3 is 2.71 bits per heavy atom. The first kappa shape index (κ1) is 18.5. The molecule has 1 aliphatic heterocycles. The molecule has 7 nitrogen and oxygen atoms in total. The zero-order valence-corrected chi connectivity index (χ0v) is 14.2. The topological polar surface area (TPSA) is 100 Å². The zero-order chi connectivity index (χ0) is 17.5. The standard InChI is InChI=1S/C17H26N2O5/c1-11(2)18-9-12(21)10-24-14-4-5-15(23-8-7-20)17-13(14)3-6-16(22)19-17/h4-5,11-12,18,20-21H,3,6-10H2,1-2H3,(H,19,22). The van der Waals surface area contributed by atoms with Gasteiger partial charge >= 0.3 is 0 Å². The number of ether oxygens (including phenoxy) is 2. The number of hydrogen-bond donors (Lipinski definition) is 4. The summed E-state index contributed by atoms with van der Waals surface area (Å²) in [5.41, 5.74) is 1.45. The quantitative estimate of drug-likeness (QED) is 0.528. The van der Waals surface area contributed by atoms with E-state index in [2.05, 4.69) is 10.6 Å². The maximum absolute atomic E-state index is 11.7. The molecule has 1 aromatic carbocycles. The van der Waals surface area contributed by atoms with Crippen LogP contribution in [0.3, 0.4) is 0 Å². The zero-order valence-electron chi connectivity index (χ0n) is 14.2. The summed E-state index contributed by atoms with van der Waals surface area (Å²) < 4.78 is 11.2. The summed E-state index contributed by atoms with van der Waals surface area (Å²) in [6.45, 7) is 4.69. The number of carbonyl (C=O) groups is 1. The Morgan fingerprint density at radius 2 is 2.00 bits per heavy atom. The van der Waals surface area contributed by atoms with Gasteiger partial charge in [0.25, 0.3) is 0 Å². The van der Waals surface area contributed by atoms with Crippen LogP contribution in [0.5, 0.6) is 11.5 Å². The van der Waals surface area contributed by atoms with Crippen LogP contribution < -0.4 is 20.1 Å². The Bertz CT molecular complexity index is 562. The molecule has 0 bridgehead atoms. The monoisotopic (exact) mass is 338 g/mol. The van der Waals surface area contributed by atoms with Crippen LogP contribution in [0.4, 0.5) is 5.69 Å². The minimum absolute atomic E-state index is 0.0744. The van der Waals surface area contributed by atoms with E-state index in [0.717, 1.165) is 5.56 Å². The van der Waals surface area contributed by atoms with Crippen LogP contribution in [0.15, 0.2) is 12.1 Å². The average molecular weight is 338 g/mol. The number of carbonyl (C=O) groups excluding carboxylic acids is 1. The van der Waals surface area contributed by atoms with Gasteiger partial charge < -0.3 is 30.3 Å². The SMILES string of the molecule is CC(C)NCC(O)COc1ccc(OCCO)c2c1CCC(=O)N2. The molecule has 0 saturated carbocycles. The van der Waals surface area contributed by atoms with Gasteiger partial charge in [-0.05, 0) is 18.6 Å². The molecule has 7 heteroatoms. The number of nitrogens with one attached hydrogen (secondary N) is 2. The Morgan fingerprint density at radius 1 is 1.25 bits per heavy atom. The highest BCUT2D eigenvalue weighted by Crippen LogP contribution is 2.38. The normalized spacial score (nSPS) is 15.0. The number of aliphatic hydroxyl groups excluding tert-OH is 2. The number of benzene rings is 1. The minimum Gasteiger partial charge on any atom is -0.490 e. The Labute approximate surface area is 142 Å². The molecule has 1 aromatic rings. The highest BCUT2D eigenvalue weighted by atomic mass is 16.5. The van der Waals surface area contributed by atoms with Gasteiger partial charge in [-0.3, -0.25) is 4.79 Å². The van der Waals surface area contributed by atoms with E-state index >= 15 is 0 Å². The van der Waals surface area contributed by atoms with Crippen LogP contribution in [0.1, 0.15) is 25.8 Å². The molecular formula is C17H26N2O5. The van der Waals surface area contributed by atoms with Gasteiger partial charge in [-0.2, -0.15) is 0 Å². The molecule has 1 heterocycles. The summed E-state index contributed by atoms with van der Waals surface area (Å²) in [5.74, 6) is 1.07. The largest absolute Gasteiger partial charge is 0.490 e. The van der Waals surface area contributed by atoms with Gasteiger partial charge in [0.1, 0.15) is 30.8 Å². The highest BCUT2D eigenvalue weighted by molar-refractivity contribution is 5.96. The van der Waals surface area contributed by atoms with Crippen LogP contribution >= 0.6 is 0 Å². The van der Waals surface area contributed by atoms with E-state index in [9.17, 15) is 9.90 Å². The fourth-order valence-electron chi connectivity index (χ4n) is 2.46. The van der Waals surface area contributed by atoms with Gasteiger partial charge in [-0.15, -0.1) is 0 Å². The van der Waals surface area contributed by atoms with E-state index in [4.69, 9.17) is 14.6 Å². The van der Waals surface area contributed by atoms with Crippen molar-refractivity contribution >= 4 is 11.6 Å². The summed E-state index contributed by atoms with van der Waals surface area (Å²) >= 11 is 0. The molecule has 1 unspecified atom stereocenters. The first-order chi connectivity index (χ1) is 11.5. The number of hydrogen-bond acceptors (Lipinski definition) is 6. The van der Waals surface area contributed by atoms with Gasteiger partial charge in [-0.1, -0.05) is 13.8 Å². The molecule has 0 spiro atoms. The summed E-state index contributed by atoms with van der Waals surface area (Å²) in [6.07, 6.45) is 0.309. The first-order valence-corrected chi connectivity index (χ1v) is 8.25. The van der Waals surface area contributed by atoms with E-state index in [1.54, 1.807) is 12.1 Å². The second-order valence-corrected chi connectivity index (χ2v) is 6.06. The molecule has 4 N–H and O–H groups in total. The predicted molar refractivity (Wildman–Crippen MR) is 90.6 cm³/mol. The second-order valence-electron chi connectivity index (χ2n) is 6.06. The van der Waals surface area contributed by atoms with Crippen LogP contribution in [0.2, 0.25) is 0 Å². The van der Waals surface area contributed by atoms with Gasteiger partial charge in [-0.25, -0.2) is 0 Å². The lowest BCUT2D eigenvalue weighted by atomic mass is 10.0. The molecule has 134 valence electrons. The highest BCUT2D eigenvalue weighted by Gasteiger charge is 2.23. The number of amides is 1. The first-order valence-electron chi connectivity index (χ1n) is 8.25. The number of aliphatic hydroxyl groups is 2. The lowest BCUT2D eigenvalue weighted by molar-refractivity contribution is -0.116. The Hall–Kier alpha value is -1.83.